The zero-order chi connectivity index (χ0) is 13.2. The van der Waals surface area contributed by atoms with E-state index in [4.69, 9.17) is 4.74 Å². The van der Waals surface area contributed by atoms with Crippen molar-refractivity contribution in [2.75, 3.05) is 19.0 Å². The molecule has 0 aliphatic heterocycles. The van der Waals surface area contributed by atoms with Crippen LogP contribution in [0.15, 0.2) is 30.5 Å². The predicted molar refractivity (Wildman–Crippen MR) is 76.2 cm³/mol. The van der Waals surface area contributed by atoms with E-state index in [1.165, 1.54) is 5.39 Å². The Balaban J connectivity index is 2.37. The molecule has 0 saturated heterocycles. The molecule has 3 nitrogen and oxygen atoms in total. The van der Waals surface area contributed by atoms with E-state index in [0.717, 1.165) is 23.5 Å². The Labute approximate surface area is 108 Å². The van der Waals surface area contributed by atoms with Crippen molar-refractivity contribution in [2.45, 2.75) is 20.8 Å². The molecule has 1 aromatic carbocycles. The fourth-order valence-electron chi connectivity index (χ4n) is 1.76. The quantitative estimate of drug-likeness (QED) is 0.894. The number of nitrogens with zero attached hydrogens (tertiary/aromatic N) is 1. The summed E-state index contributed by atoms with van der Waals surface area (Å²) < 4.78 is 5.27. The molecule has 0 amide bonds. The largest absolute Gasteiger partial charge is 0.497 e. The topological polar surface area (TPSA) is 34.1 Å². The smallest absolute Gasteiger partial charge is 0.133 e. The lowest BCUT2D eigenvalue weighted by atomic mass is 9.97. The van der Waals surface area contributed by atoms with Crippen LogP contribution in [0.3, 0.4) is 0 Å². The molecule has 2 aromatic rings. The van der Waals surface area contributed by atoms with Crippen LogP contribution in [-0.4, -0.2) is 18.6 Å². The molecule has 2 rings (SSSR count). The highest BCUT2D eigenvalue weighted by Crippen LogP contribution is 2.26. The van der Waals surface area contributed by atoms with E-state index < -0.39 is 0 Å². The molecule has 1 aromatic heterocycles. The van der Waals surface area contributed by atoms with Crippen LogP contribution < -0.4 is 10.1 Å². The maximum Gasteiger partial charge on any atom is 0.133 e. The number of fused-ring (bicyclic) bond motifs is 1. The molecule has 0 unspecified atom stereocenters. The van der Waals surface area contributed by atoms with Gasteiger partial charge in [0.1, 0.15) is 11.6 Å². The number of hydrogen-bond acceptors (Lipinski definition) is 3. The molecule has 3 heteroatoms. The van der Waals surface area contributed by atoms with Gasteiger partial charge in [0.05, 0.1) is 7.11 Å². The van der Waals surface area contributed by atoms with Crippen molar-refractivity contribution >= 4 is 16.6 Å². The standard InChI is InChI=1S/C15H20N2O/c1-15(2,3)10-17-14-13-9-12(18-4)6-5-11(13)7-8-16-14/h5-9H,10H2,1-4H3,(H,16,17). The molecule has 0 aliphatic carbocycles. The number of rotatable bonds is 3. The van der Waals surface area contributed by atoms with Gasteiger partial charge in [0.25, 0.3) is 0 Å². The molecule has 1 heterocycles. The normalized spacial score (nSPS) is 11.6. The zero-order valence-corrected chi connectivity index (χ0v) is 11.4. The number of aromatic nitrogens is 1. The number of ether oxygens (including phenoxy) is 1. The van der Waals surface area contributed by atoms with Crippen molar-refractivity contribution in [2.24, 2.45) is 5.41 Å². The second-order valence-corrected chi connectivity index (χ2v) is 5.66. The number of anilines is 1. The van der Waals surface area contributed by atoms with Gasteiger partial charge in [-0.2, -0.15) is 0 Å². The summed E-state index contributed by atoms with van der Waals surface area (Å²) in [6, 6.07) is 8.05. The first-order valence-corrected chi connectivity index (χ1v) is 6.16. The van der Waals surface area contributed by atoms with E-state index >= 15 is 0 Å². The highest BCUT2D eigenvalue weighted by atomic mass is 16.5. The summed E-state index contributed by atoms with van der Waals surface area (Å²) in [7, 11) is 1.68. The van der Waals surface area contributed by atoms with Gasteiger partial charge in [-0.1, -0.05) is 26.8 Å². The average molecular weight is 244 g/mol. The molecule has 96 valence electrons. The molecule has 0 radical (unpaired) electrons. The third-order valence-electron chi connectivity index (χ3n) is 2.76. The lowest BCUT2D eigenvalue weighted by Gasteiger charge is -2.20. The van der Waals surface area contributed by atoms with Crippen molar-refractivity contribution in [3.8, 4) is 5.75 Å². The number of hydrogen-bond donors (Lipinski definition) is 1. The summed E-state index contributed by atoms with van der Waals surface area (Å²) in [4.78, 5) is 4.42. The summed E-state index contributed by atoms with van der Waals surface area (Å²) in [5, 5.41) is 5.68. The highest BCUT2D eigenvalue weighted by Gasteiger charge is 2.11. The third-order valence-corrected chi connectivity index (χ3v) is 2.76. The van der Waals surface area contributed by atoms with Gasteiger partial charge in [-0.15, -0.1) is 0 Å². The summed E-state index contributed by atoms with van der Waals surface area (Å²) in [6.45, 7) is 7.49. The van der Waals surface area contributed by atoms with Gasteiger partial charge in [-0.25, -0.2) is 4.98 Å². The molecular formula is C15H20N2O. The summed E-state index contributed by atoms with van der Waals surface area (Å²) in [6.07, 6.45) is 1.83. The Morgan fingerprint density at radius 2 is 2.00 bits per heavy atom. The molecule has 0 aliphatic rings. The van der Waals surface area contributed by atoms with Crippen LogP contribution in [0.4, 0.5) is 5.82 Å². The molecule has 0 spiro atoms. The Morgan fingerprint density at radius 1 is 1.22 bits per heavy atom. The van der Waals surface area contributed by atoms with Gasteiger partial charge in [0, 0.05) is 18.1 Å². The minimum Gasteiger partial charge on any atom is -0.497 e. The summed E-state index contributed by atoms with van der Waals surface area (Å²) >= 11 is 0. The fraction of sp³-hybridized carbons (Fsp3) is 0.400. The second kappa shape index (κ2) is 4.84. The number of benzene rings is 1. The van der Waals surface area contributed by atoms with E-state index in [-0.39, 0.29) is 5.41 Å². The first-order chi connectivity index (χ1) is 8.49. The van der Waals surface area contributed by atoms with Crippen LogP contribution in [0.5, 0.6) is 5.75 Å². The van der Waals surface area contributed by atoms with Gasteiger partial charge in [-0.05, 0) is 29.0 Å². The van der Waals surface area contributed by atoms with Gasteiger partial charge in [0.15, 0.2) is 0 Å². The van der Waals surface area contributed by atoms with Gasteiger partial charge < -0.3 is 10.1 Å². The van der Waals surface area contributed by atoms with Gasteiger partial charge in [0.2, 0.25) is 0 Å². The van der Waals surface area contributed by atoms with E-state index in [1.807, 2.05) is 24.4 Å². The fourth-order valence-corrected chi connectivity index (χ4v) is 1.76. The maximum atomic E-state index is 5.27. The molecule has 1 N–H and O–H groups in total. The molecule has 0 saturated carbocycles. The van der Waals surface area contributed by atoms with Crippen molar-refractivity contribution in [3.05, 3.63) is 30.5 Å². The third kappa shape index (κ3) is 2.92. The lowest BCUT2D eigenvalue weighted by Crippen LogP contribution is -2.19. The monoisotopic (exact) mass is 244 g/mol. The van der Waals surface area contributed by atoms with Crippen LogP contribution in [0.25, 0.3) is 10.8 Å². The van der Waals surface area contributed by atoms with E-state index in [0.29, 0.717) is 0 Å². The van der Waals surface area contributed by atoms with E-state index in [9.17, 15) is 0 Å². The van der Waals surface area contributed by atoms with Crippen molar-refractivity contribution in [3.63, 3.8) is 0 Å². The lowest BCUT2D eigenvalue weighted by molar-refractivity contribution is 0.415. The maximum absolute atomic E-state index is 5.27. The highest BCUT2D eigenvalue weighted by molar-refractivity contribution is 5.92. The Morgan fingerprint density at radius 3 is 2.67 bits per heavy atom. The Hall–Kier alpha value is -1.77. The van der Waals surface area contributed by atoms with Crippen molar-refractivity contribution in [1.29, 1.82) is 0 Å². The molecular weight excluding hydrogens is 224 g/mol. The van der Waals surface area contributed by atoms with Crippen LogP contribution in [0.2, 0.25) is 0 Å². The summed E-state index contributed by atoms with van der Waals surface area (Å²) in [5.74, 6) is 1.77. The molecule has 0 fully saturated rings. The van der Waals surface area contributed by atoms with Crippen molar-refractivity contribution in [1.82, 2.24) is 4.98 Å². The van der Waals surface area contributed by atoms with Crippen LogP contribution in [-0.2, 0) is 0 Å². The average Bonchev–Trinajstić information content (AvgIpc) is 2.34. The second-order valence-electron chi connectivity index (χ2n) is 5.66. The summed E-state index contributed by atoms with van der Waals surface area (Å²) in [5.41, 5.74) is 0.225. The number of methoxy groups -OCH3 is 1. The molecule has 0 atom stereocenters. The minimum atomic E-state index is 0.225. The van der Waals surface area contributed by atoms with Gasteiger partial charge in [-0.3, -0.25) is 0 Å². The molecule has 18 heavy (non-hydrogen) atoms. The SMILES string of the molecule is COc1ccc2ccnc(NCC(C)(C)C)c2c1. The zero-order valence-electron chi connectivity index (χ0n) is 11.4. The Bertz CT molecular complexity index is 544. The Kier molecular flexibility index (Phi) is 3.41. The molecule has 0 bridgehead atoms. The minimum absolute atomic E-state index is 0.225. The first-order valence-electron chi connectivity index (χ1n) is 6.16. The van der Waals surface area contributed by atoms with Gasteiger partial charge >= 0.3 is 0 Å². The first kappa shape index (κ1) is 12.7. The van der Waals surface area contributed by atoms with Crippen LogP contribution in [0, 0.1) is 5.41 Å². The number of nitrogens with one attached hydrogen (secondary N) is 1. The van der Waals surface area contributed by atoms with Crippen LogP contribution in [0.1, 0.15) is 20.8 Å². The van der Waals surface area contributed by atoms with E-state index in [2.05, 4.69) is 37.1 Å². The number of pyridine rings is 1. The van der Waals surface area contributed by atoms with E-state index in [1.54, 1.807) is 7.11 Å². The van der Waals surface area contributed by atoms with Crippen molar-refractivity contribution < 1.29 is 4.74 Å². The van der Waals surface area contributed by atoms with Crippen LogP contribution >= 0.6 is 0 Å². The predicted octanol–water partition coefficient (Wildman–Crippen LogP) is 3.70.